The second-order valence-electron chi connectivity index (χ2n) is 7.38. The zero-order valence-corrected chi connectivity index (χ0v) is 13.9. The highest BCUT2D eigenvalue weighted by Gasteiger charge is 2.19. The molecule has 2 rings (SSSR count). The van der Waals surface area contributed by atoms with Crippen molar-refractivity contribution in [2.75, 3.05) is 6.23 Å². The van der Waals surface area contributed by atoms with Crippen LogP contribution in [0.4, 0.5) is 0 Å². The minimum atomic E-state index is -1.12. The molecule has 2 heteroatoms. The van der Waals surface area contributed by atoms with Gasteiger partial charge in [-0.2, -0.15) is 0 Å². The molecule has 0 heterocycles. The maximum absolute atomic E-state index is 5.89. The van der Waals surface area contributed by atoms with Gasteiger partial charge < -0.3 is 4.74 Å². The molecular formula is C17H28OSi. The molecule has 0 N–H and O–H groups in total. The fourth-order valence-electron chi connectivity index (χ4n) is 2.73. The van der Waals surface area contributed by atoms with Crippen molar-refractivity contribution in [1.29, 1.82) is 0 Å². The molecule has 0 unspecified atom stereocenters. The molecule has 0 bridgehead atoms. The van der Waals surface area contributed by atoms with Gasteiger partial charge in [0.05, 0.1) is 14.3 Å². The smallest absolute Gasteiger partial charge is 0.118 e. The summed E-state index contributed by atoms with van der Waals surface area (Å²) < 4.78 is 5.89. The third-order valence-corrected chi connectivity index (χ3v) is 5.05. The van der Waals surface area contributed by atoms with Crippen molar-refractivity contribution >= 4 is 8.07 Å². The lowest BCUT2D eigenvalue weighted by Gasteiger charge is -2.26. The molecule has 0 amide bonds. The van der Waals surface area contributed by atoms with Gasteiger partial charge in [-0.3, -0.25) is 0 Å². The minimum Gasteiger partial charge on any atom is -0.497 e. The van der Waals surface area contributed by atoms with Gasteiger partial charge in [0.25, 0.3) is 0 Å². The Morgan fingerprint density at radius 3 is 2.11 bits per heavy atom. The molecule has 0 spiro atoms. The van der Waals surface area contributed by atoms with Crippen molar-refractivity contribution in [2.24, 2.45) is 5.92 Å². The van der Waals surface area contributed by atoms with Crippen LogP contribution in [0.25, 0.3) is 0 Å². The highest BCUT2D eigenvalue weighted by atomic mass is 28.3. The van der Waals surface area contributed by atoms with E-state index in [4.69, 9.17) is 4.74 Å². The summed E-state index contributed by atoms with van der Waals surface area (Å²) in [6.45, 7) is 9.39. The van der Waals surface area contributed by atoms with E-state index in [1.165, 1.54) is 31.2 Å². The van der Waals surface area contributed by atoms with Gasteiger partial charge in [-0.1, -0.05) is 51.5 Å². The molecule has 0 aliphatic heterocycles. The van der Waals surface area contributed by atoms with E-state index in [0.29, 0.717) is 0 Å². The minimum absolute atomic E-state index is 0.780. The zero-order chi connectivity index (χ0) is 13.9. The van der Waals surface area contributed by atoms with Gasteiger partial charge in [-0.05, 0) is 42.4 Å². The van der Waals surface area contributed by atoms with E-state index in [-0.39, 0.29) is 0 Å². The van der Waals surface area contributed by atoms with Crippen LogP contribution in [0.5, 0.6) is 5.75 Å². The van der Waals surface area contributed by atoms with Crippen LogP contribution in [0.2, 0.25) is 19.6 Å². The SMILES string of the molecule is CC1CCC(c2ccc(OC[Si](C)(C)C)cc2)CC1. The third-order valence-electron chi connectivity index (χ3n) is 4.04. The zero-order valence-electron chi connectivity index (χ0n) is 12.9. The van der Waals surface area contributed by atoms with Crippen molar-refractivity contribution in [3.05, 3.63) is 29.8 Å². The standard InChI is InChI=1S/C17H28OSi/c1-14-5-7-15(8-6-14)16-9-11-17(12-10-16)18-13-19(2,3)4/h9-12,14-15H,5-8,13H2,1-4H3. The Balaban J connectivity index is 1.91. The summed E-state index contributed by atoms with van der Waals surface area (Å²) in [6, 6.07) is 8.88. The van der Waals surface area contributed by atoms with Crippen molar-refractivity contribution in [3.63, 3.8) is 0 Å². The Bertz CT molecular complexity index is 383. The predicted molar refractivity (Wildman–Crippen MR) is 85.7 cm³/mol. The number of hydrogen-bond acceptors (Lipinski definition) is 1. The van der Waals surface area contributed by atoms with Crippen molar-refractivity contribution < 1.29 is 4.74 Å². The number of benzene rings is 1. The van der Waals surface area contributed by atoms with Gasteiger partial charge in [0, 0.05) is 0 Å². The van der Waals surface area contributed by atoms with Crippen molar-refractivity contribution in [2.45, 2.75) is 58.2 Å². The van der Waals surface area contributed by atoms with Crippen molar-refractivity contribution in [1.82, 2.24) is 0 Å². The van der Waals surface area contributed by atoms with Gasteiger partial charge >= 0.3 is 0 Å². The lowest BCUT2D eigenvalue weighted by molar-refractivity contribution is 0.347. The maximum atomic E-state index is 5.89. The molecule has 1 saturated carbocycles. The highest BCUT2D eigenvalue weighted by molar-refractivity contribution is 6.76. The summed E-state index contributed by atoms with van der Waals surface area (Å²) in [5.41, 5.74) is 1.51. The Labute approximate surface area is 119 Å². The van der Waals surface area contributed by atoms with Crippen LogP contribution in [0.3, 0.4) is 0 Å². The van der Waals surface area contributed by atoms with E-state index in [9.17, 15) is 0 Å². The molecule has 1 aliphatic rings. The summed E-state index contributed by atoms with van der Waals surface area (Å²) in [5, 5.41) is 0. The van der Waals surface area contributed by atoms with Gasteiger partial charge in [-0.25, -0.2) is 0 Å². The number of rotatable bonds is 4. The molecule has 1 aliphatic carbocycles. The Hall–Kier alpha value is -0.763. The topological polar surface area (TPSA) is 9.23 Å². The summed E-state index contributed by atoms with van der Waals surface area (Å²) in [4.78, 5) is 0. The van der Waals surface area contributed by atoms with Gasteiger partial charge in [0.2, 0.25) is 0 Å². The first-order chi connectivity index (χ1) is 8.94. The fraction of sp³-hybridized carbons (Fsp3) is 0.647. The number of ether oxygens (including phenoxy) is 1. The Morgan fingerprint density at radius 1 is 1.00 bits per heavy atom. The normalized spacial score (nSPS) is 24.2. The first-order valence-corrected chi connectivity index (χ1v) is 11.4. The van der Waals surface area contributed by atoms with E-state index < -0.39 is 8.07 Å². The van der Waals surface area contributed by atoms with Crippen LogP contribution in [0.15, 0.2) is 24.3 Å². The van der Waals surface area contributed by atoms with Crippen LogP contribution < -0.4 is 4.74 Å². The van der Waals surface area contributed by atoms with Gasteiger partial charge in [0.15, 0.2) is 0 Å². The van der Waals surface area contributed by atoms with Crippen LogP contribution in [0, 0.1) is 5.92 Å². The largest absolute Gasteiger partial charge is 0.497 e. The molecular weight excluding hydrogens is 248 g/mol. The molecule has 0 saturated heterocycles. The van der Waals surface area contributed by atoms with E-state index in [0.717, 1.165) is 23.8 Å². The fourth-order valence-corrected chi connectivity index (χ4v) is 3.33. The molecule has 0 atom stereocenters. The van der Waals surface area contributed by atoms with E-state index in [1.807, 2.05) is 0 Å². The second kappa shape index (κ2) is 6.13. The quantitative estimate of drug-likeness (QED) is 0.684. The summed E-state index contributed by atoms with van der Waals surface area (Å²) >= 11 is 0. The highest BCUT2D eigenvalue weighted by Crippen LogP contribution is 2.35. The molecule has 0 aromatic heterocycles. The average Bonchev–Trinajstić information content (AvgIpc) is 2.37. The van der Waals surface area contributed by atoms with Crippen LogP contribution in [0.1, 0.15) is 44.1 Å². The first kappa shape index (κ1) is 14.6. The van der Waals surface area contributed by atoms with E-state index in [2.05, 4.69) is 50.8 Å². The number of hydrogen-bond donors (Lipinski definition) is 0. The molecule has 1 nitrogen and oxygen atoms in total. The monoisotopic (exact) mass is 276 g/mol. The summed E-state index contributed by atoms with van der Waals surface area (Å²) in [5.74, 6) is 2.74. The maximum Gasteiger partial charge on any atom is 0.118 e. The van der Waals surface area contributed by atoms with Crippen molar-refractivity contribution in [3.8, 4) is 5.75 Å². The molecule has 1 aromatic carbocycles. The van der Waals surface area contributed by atoms with Crippen LogP contribution >= 0.6 is 0 Å². The second-order valence-corrected chi connectivity index (χ2v) is 12.8. The molecule has 19 heavy (non-hydrogen) atoms. The lowest BCUT2D eigenvalue weighted by Crippen LogP contribution is -2.29. The van der Waals surface area contributed by atoms with Gasteiger partial charge in [-0.15, -0.1) is 0 Å². The Kier molecular flexibility index (Phi) is 4.72. The van der Waals surface area contributed by atoms with E-state index in [1.54, 1.807) is 0 Å². The summed E-state index contributed by atoms with van der Waals surface area (Å²) in [7, 11) is -1.12. The molecule has 106 valence electrons. The predicted octanol–water partition coefficient (Wildman–Crippen LogP) is 5.24. The Morgan fingerprint density at radius 2 is 1.58 bits per heavy atom. The first-order valence-electron chi connectivity index (χ1n) is 7.67. The summed E-state index contributed by atoms with van der Waals surface area (Å²) in [6.07, 6.45) is 6.40. The average molecular weight is 276 g/mol. The van der Waals surface area contributed by atoms with Crippen LogP contribution in [-0.2, 0) is 0 Å². The molecule has 1 aromatic rings. The lowest BCUT2D eigenvalue weighted by atomic mass is 9.79. The third kappa shape index (κ3) is 4.68. The van der Waals surface area contributed by atoms with Crippen LogP contribution in [-0.4, -0.2) is 14.3 Å². The van der Waals surface area contributed by atoms with Gasteiger partial charge in [0.1, 0.15) is 5.75 Å². The van der Waals surface area contributed by atoms with E-state index >= 15 is 0 Å². The molecule has 1 fully saturated rings. The molecule has 0 radical (unpaired) electrons.